The van der Waals surface area contributed by atoms with E-state index in [4.69, 9.17) is 5.11 Å². The average Bonchev–Trinajstić information content (AvgIpc) is 2.37. The number of amides is 1. The smallest absolute Gasteiger partial charge is 0.396 e. The lowest BCUT2D eigenvalue weighted by Crippen LogP contribution is -2.25. The molecule has 0 spiro atoms. The van der Waals surface area contributed by atoms with Crippen LogP contribution in [0.15, 0.2) is 22.7 Å². The molecule has 0 fully saturated rings. The Morgan fingerprint density at radius 3 is 2.55 bits per heavy atom. The minimum absolute atomic E-state index is 0.0253. The number of rotatable bonds is 6. The van der Waals surface area contributed by atoms with Crippen LogP contribution in [0.4, 0.5) is 13.2 Å². The zero-order valence-corrected chi connectivity index (χ0v) is 12.2. The van der Waals surface area contributed by atoms with Gasteiger partial charge in [-0.3, -0.25) is 4.79 Å². The van der Waals surface area contributed by atoms with Gasteiger partial charge in [-0.2, -0.15) is 13.2 Å². The Balaban J connectivity index is 2.65. The van der Waals surface area contributed by atoms with Gasteiger partial charge in [0, 0.05) is 23.2 Å². The fraction of sp³-hybridized carbons (Fsp3) is 0.462. The lowest BCUT2D eigenvalue weighted by molar-refractivity contribution is -0.138. The van der Waals surface area contributed by atoms with E-state index in [9.17, 15) is 18.0 Å². The molecule has 20 heavy (non-hydrogen) atoms. The first kappa shape index (κ1) is 17.0. The molecule has 0 bridgehead atoms. The quantitative estimate of drug-likeness (QED) is 0.770. The van der Waals surface area contributed by atoms with Crippen LogP contribution in [0.25, 0.3) is 0 Å². The molecule has 0 heterocycles. The van der Waals surface area contributed by atoms with Crippen molar-refractivity contribution < 1.29 is 23.1 Å². The first-order chi connectivity index (χ1) is 9.36. The standard InChI is InChI=1S/C13H15BrF3NO2/c14-11-5-4-9(8-10(11)13(15,16)17)12(20)18-6-2-1-3-7-19/h4-5,8,19H,1-3,6-7H2,(H,18,20). The third-order valence-corrected chi connectivity index (χ3v) is 3.35. The summed E-state index contributed by atoms with van der Waals surface area (Å²) in [5.74, 6) is -0.535. The molecule has 0 unspecified atom stereocenters. The van der Waals surface area contributed by atoms with Crippen molar-refractivity contribution in [2.45, 2.75) is 25.4 Å². The number of alkyl halides is 3. The molecular weight excluding hydrogens is 339 g/mol. The highest BCUT2D eigenvalue weighted by molar-refractivity contribution is 9.10. The van der Waals surface area contributed by atoms with Crippen LogP contribution in [0.5, 0.6) is 0 Å². The SMILES string of the molecule is O=C(NCCCCCO)c1ccc(Br)c(C(F)(F)F)c1. The first-order valence-corrected chi connectivity index (χ1v) is 6.91. The predicted molar refractivity (Wildman–Crippen MR) is 72.4 cm³/mol. The summed E-state index contributed by atoms with van der Waals surface area (Å²) in [6, 6.07) is 3.37. The summed E-state index contributed by atoms with van der Waals surface area (Å²) in [6.45, 7) is 0.464. The molecule has 1 aromatic rings. The van der Waals surface area contributed by atoms with E-state index in [1.807, 2.05) is 0 Å². The zero-order valence-electron chi connectivity index (χ0n) is 10.6. The molecule has 3 nitrogen and oxygen atoms in total. The van der Waals surface area contributed by atoms with Gasteiger partial charge in [0.05, 0.1) is 5.56 Å². The average molecular weight is 354 g/mol. The number of aliphatic hydroxyl groups is 1. The van der Waals surface area contributed by atoms with Crippen LogP contribution >= 0.6 is 15.9 Å². The Kier molecular flexibility index (Phi) is 6.48. The second-order valence-corrected chi connectivity index (χ2v) is 5.09. The van der Waals surface area contributed by atoms with Gasteiger partial charge >= 0.3 is 6.18 Å². The molecule has 1 rings (SSSR count). The Morgan fingerprint density at radius 1 is 1.25 bits per heavy atom. The molecule has 0 aliphatic rings. The monoisotopic (exact) mass is 353 g/mol. The van der Waals surface area contributed by atoms with E-state index >= 15 is 0 Å². The Morgan fingerprint density at radius 2 is 1.95 bits per heavy atom. The van der Waals surface area contributed by atoms with Gasteiger partial charge in [-0.1, -0.05) is 15.9 Å². The molecule has 7 heteroatoms. The molecule has 2 N–H and O–H groups in total. The van der Waals surface area contributed by atoms with Gasteiger partial charge in [0.25, 0.3) is 5.91 Å². The van der Waals surface area contributed by atoms with Crippen molar-refractivity contribution in [2.24, 2.45) is 0 Å². The van der Waals surface area contributed by atoms with Gasteiger partial charge in [-0.25, -0.2) is 0 Å². The second-order valence-electron chi connectivity index (χ2n) is 4.23. The van der Waals surface area contributed by atoms with Gasteiger partial charge in [0.2, 0.25) is 0 Å². The van der Waals surface area contributed by atoms with Crippen LogP contribution in [0.3, 0.4) is 0 Å². The normalized spacial score (nSPS) is 11.4. The van der Waals surface area contributed by atoms with E-state index in [-0.39, 0.29) is 16.6 Å². The van der Waals surface area contributed by atoms with E-state index < -0.39 is 17.6 Å². The van der Waals surface area contributed by atoms with Crippen LogP contribution in [0, 0.1) is 0 Å². The fourth-order valence-electron chi connectivity index (χ4n) is 1.60. The molecule has 1 amide bonds. The molecular formula is C13H15BrF3NO2. The molecule has 0 aromatic heterocycles. The highest BCUT2D eigenvalue weighted by Crippen LogP contribution is 2.35. The summed E-state index contributed by atoms with van der Waals surface area (Å²) in [7, 11) is 0. The largest absolute Gasteiger partial charge is 0.417 e. The van der Waals surface area contributed by atoms with E-state index in [2.05, 4.69) is 21.2 Å². The maximum Gasteiger partial charge on any atom is 0.417 e. The van der Waals surface area contributed by atoms with E-state index in [1.165, 1.54) is 12.1 Å². The van der Waals surface area contributed by atoms with Gasteiger partial charge in [-0.05, 0) is 37.5 Å². The molecule has 0 radical (unpaired) electrons. The molecule has 0 atom stereocenters. The van der Waals surface area contributed by atoms with Crippen molar-refractivity contribution in [3.8, 4) is 0 Å². The minimum Gasteiger partial charge on any atom is -0.396 e. The van der Waals surface area contributed by atoms with Gasteiger partial charge in [-0.15, -0.1) is 0 Å². The number of carbonyl (C=O) groups is 1. The summed E-state index contributed by atoms with van der Waals surface area (Å²) >= 11 is 2.82. The van der Waals surface area contributed by atoms with Crippen molar-refractivity contribution in [1.82, 2.24) is 5.32 Å². The first-order valence-electron chi connectivity index (χ1n) is 6.12. The number of unbranched alkanes of at least 4 members (excludes halogenated alkanes) is 2. The number of aliphatic hydroxyl groups excluding tert-OH is 1. The summed E-state index contributed by atoms with van der Waals surface area (Å²) < 4.78 is 38.0. The molecule has 0 saturated heterocycles. The lowest BCUT2D eigenvalue weighted by atomic mass is 10.1. The van der Waals surface area contributed by atoms with Crippen molar-refractivity contribution in [2.75, 3.05) is 13.2 Å². The number of hydrogen-bond donors (Lipinski definition) is 2. The van der Waals surface area contributed by atoms with Crippen LogP contribution in [0.2, 0.25) is 0 Å². The summed E-state index contributed by atoms with van der Waals surface area (Å²) in [6.07, 6.45) is -2.43. The fourth-order valence-corrected chi connectivity index (χ4v) is 2.07. The molecule has 1 aromatic carbocycles. The van der Waals surface area contributed by atoms with Gasteiger partial charge in [0.15, 0.2) is 0 Å². The Labute approximate surface area is 123 Å². The van der Waals surface area contributed by atoms with Crippen molar-refractivity contribution in [1.29, 1.82) is 0 Å². The molecule has 112 valence electrons. The Bertz CT molecular complexity index is 463. The topological polar surface area (TPSA) is 49.3 Å². The zero-order chi connectivity index (χ0) is 15.2. The maximum atomic E-state index is 12.7. The van der Waals surface area contributed by atoms with Crippen LogP contribution < -0.4 is 5.32 Å². The third kappa shape index (κ3) is 5.13. The molecule has 0 aliphatic heterocycles. The summed E-state index contributed by atoms with van der Waals surface area (Å²) in [5.41, 5.74) is -0.895. The number of nitrogens with one attached hydrogen (secondary N) is 1. The van der Waals surface area contributed by atoms with Crippen LogP contribution in [0.1, 0.15) is 35.2 Å². The third-order valence-electron chi connectivity index (χ3n) is 2.65. The maximum absolute atomic E-state index is 12.7. The van der Waals surface area contributed by atoms with Crippen LogP contribution in [-0.2, 0) is 6.18 Å². The Hall–Kier alpha value is -1.08. The number of carbonyl (C=O) groups excluding carboxylic acids is 1. The van der Waals surface area contributed by atoms with Gasteiger partial charge < -0.3 is 10.4 Å². The summed E-state index contributed by atoms with van der Waals surface area (Å²) in [5, 5.41) is 11.1. The predicted octanol–water partition coefficient (Wildman–Crippen LogP) is 3.36. The number of benzene rings is 1. The number of halogens is 4. The molecule has 0 saturated carbocycles. The summed E-state index contributed by atoms with van der Waals surface area (Å²) in [4.78, 5) is 11.7. The van der Waals surface area contributed by atoms with Crippen molar-refractivity contribution >= 4 is 21.8 Å². The lowest BCUT2D eigenvalue weighted by Gasteiger charge is -2.11. The second kappa shape index (κ2) is 7.64. The van der Waals surface area contributed by atoms with Crippen molar-refractivity contribution in [3.05, 3.63) is 33.8 Å². The molecule has 0 aliphatic carbocycles. The van der Waals surface area contributed by atoms with E-state index in [1.54, 1.807) is 0 Å². The van der Waals surface area contributed by atoms with E-state index in [0.29, 0.717) is 19.4 Å². The minimum atomic E-state index is -4.50. The highest BCUT2D eigenvalue weighted by atomic mass is 79.9. The van der Waals surface area contributed by atoms with Crippen LogP contribution in [-0.4, -0.2) is 24.2 Å². The van der Waals surface area contributed by atoms with E-state index in [0.717, 1.165) is 12.5 Å². The van der Waals surface area contributed by atoms with Crippen molar-refractivity contribution in [3.63, 3.8) is 0 Å². The van der Waals surface area contributed by atoms with Gasteiger partial charge in [0.1, 0.15) is 0 Å². The number of hydrogen-bond acceptors (Lipinski definition) is 2. The highest BCUT2D eigenvalue weighted by Gasteiger charge is 2.33.